The Bertz CT molecular complexity index is 474. The largest absolute Gasteiger partial charge is 0.449 e. The molecular formula is C9H6F4N2. The molecule has 0 aliphatic carbocycles. The van der Waals surface area contributed by atoms with E-state index in [2.05, 4.69) is 4.98 Å². The normalized spacial score (nSPS) is 12.3. The first kappa shape index (κ1) is 9.95. The minimum atomic E-state index is -4.59. The van der Waals surface area contributed by atoms with E-state index < -0.39 is 17.8 Å². The number of hydrogen-bond donors (Lipinski definition) is 1. The van der Waals surface area contributed by atoms with Gasteiger partial charge in [-0.05, 0) is 18.6 Å². The lowest BCUT2D eigenvalue weighted by molar-refractivity contribution is -0.144. The molecule has 1 heterocycles. The molecule has 1 aromatic carbocycles. The van der Waals surface area contributed by atoms with Gasteiger partial charge in [0.25, 0.3) is 0 Å². The highest BCUT2D eigenvalue weighted by atomic mass is 19.4. The van der Waals surface area contributed by atoms with Gasteiger partial charge in [-0.3, -0.25) is 0 Å². The minimum Gasteiger partial charge on any atom is -0.332 e. The van der Waals surface area contributed by atoms with Gasteiger partial charge in [-0.1, -0.05) is 6.07 Å². The molecule has 1 N–H and O–H groups in total. The number of aryl methyl sites for hydroxylation is 1. The Morgan fingerprint density at radius 1 is 1.27 bits per heavy atom. The molecule has 2 aromatic rings. The fourth-order valence-corrected chi connectivity index (χ4v) is 1.33. The number of hydrogen-bond acceptors (Lipinski definition) is 1. The smallest absolute Gasteiger partial charge is 0.332 e. The maximum atomic E-state index is 13.1. The fourth-order valence-electron chi connectivity index (χ4n) is 1.33. The van der Waals surface area contributed by atoms with E-state index in [1.165, 1.54) is 6.07 Å². The standard InChI is InChI=1S/C9H6F4N2/c1-4-2-3-5(10)7-6(4)14-8(15-7)9(11,12)13/h2-3H,1H3,(H,14,15). The van der Waals surface area contributed by atoms with Crippen molar-refractivity contribution in [2.75, 3.05) is 0 Å². The topological polar surface area (TPSA) is 28.7 Å². The fraction of sp³-hybridized carbons (Fsp3) is 0.222. The van der Waals surface area contributed by atoms with Crippen LogP contribution in [0.4, 0.5) is 17.6 Å². The van der Waals surface area contributed by atoms with Gasteiger partial charge < -0.3 is 4.98 Å². The van der Waals surface area contributed by atoms with E-state index >= 15 is 0 Å². The first-order valence-electron chi connectivity index (χ1n) is 4.11. The van der Waals surface area contributed by atoms with Crippen LogP contribution in [0.2, 0.25) is 0 Å². The maximum Gasteiger partial charge on any atom is 0.449 e. The van der Waals surface area contributed by atoms with Crippen LogP contribution in [-0.4, -0.2) is 9.97 Å². The van der Waals surface area contributed by atoms with E-state index in [0.29, 0.717) is 5.56 Å². The van der Waals surface area contributed by atoms with Gasteiger partial charge in [0.1, 0.15) is 11.3 Å². The zero-order valence-electron chi connectivity index (χ0n) is 7.61. The van der Waals surface area contributed by atoms with Crippen molar-refractivity contribution >= 4 is 11.0 Å². The molecular weight excluding hydrogens is 212 g/mol. The lowest BCUT2D eigenvalue weighted by Gasteiger charge is -1.99. The zero-order chi connectivity index (χ0) is 11.2. The molecule has 0 atom stereocenters. The molecule has 2 rings (SSSR count). The maximum absolute atomic E-state index is 13.1. The number of aromatic amines is 1. The lowest BCUT2D eigenvalue weighted by Crippen LogP contribution is -2.06. The molecule has 0 fully saturated rings. The van der Waals surface area contributed by atoms with E-state index in [-0.39, 0.29) is 11.0 Å². The molecule has 0 aliphatic rings. The number of fused-ring (bicyclic) bond motifs is 1. The molecule has 0 saturated carbocycles. The molecule has 6 heteroatoms. The third-order valence-electron chi connectivity index (χ3n) is 2.06. The van der Waals surface area contributed by atoms with Gasteiger partial charge in [0.2, 0.25) is 5.82 Å². The van der Waals surface area contributed by atoms with Gasteiger partial charge in [0.05, 0.1) is 5.52 Å². The van der Waals surface area contributed by atoms with Crippen LogP contribution in [0, 0.1) is 12.7 Å². The summed E-state index contributed by atoms with van der Waals surface area (Å²) in [5.41, 5.74) is 0.308. The molecule has 0 aliphatic heterocycles. The molecule has 0 saturated heterocycles. The average molecular weight is 218 g/mol. The first-order chi connectivity index (χ1) is 6.89. The van der Waals surface area contributed by atoms with Crippen molar-refractivity contribution in [3.8, 4) is 0 Å². The monoisotopic (exact) mass is 218 g/mol. The summed E-state index contributed by atoms with van der Waals surface area (Å²) in [6.45, 7) is 1.57. The summed E-state index contributed by atoms with van der Waals surface area (Å²) >= 11 is 0. The summed E-state index contributed by atoms with van der Waals surface area (Å²) in [4.78, 5) is 5.26. The van der Waals surface area contributed by atoms with Gasteiger partial charge in [-0.15, -0.1) is 0 Å². The van der Waals surface area contributed by atoms with Gasteiger partial charge in [-0.2, -0.15) is 13.2 Å². The molecule has 2 nitrogen and oxygen atoms in total. The van der Waals surface area contributed by atoms with Crippen LogP contribution in [0.3, 0.4) is 0 Å². The Morgan fingerprint density at radius 2 is 1.93 bits per heavy atom. The second-order valence-electron chi connectivity index (χ2n) is 3.17. The summed E-state index contributed by atoms with van der Waals surface area (Å²) in [5, 5.41) is 0. The highest BCUT2D eigenvalue weighted by Gasteiger charge is 2.35. The average Bonchev–Trinajstić information content (AvgIpc) is 2.56. The number of H-pyrrole nitrogens is 1. The summed E-state index contributed by atoms with van der Waals surface area (Å²) in [5.74, 6) is -1.91. The van der Waals surface area contributed by atoms with Crippen molar-refractivity contribution < 1.29 is 17.6 Å². The summed E-state index contributed by atoms with van der Waals surface area (Å²) in [6.07, 6.45) is -4.59. The number of benzene rings is 1. The molecule has 0 radical (unpaired) electrons. The molecule has 80 valence electrons. The third-order valence-corrected chi connectivity index (χ3v) is 2.06. The number of imidazole rings is 1. The third kappa shape index (κ3) is 1.55. The van der Waals surface area contributed by atoms with Crippen LogP contribution in [0.25, 0.3) is 11.0 Å². The van der Waals surface area contributed by atoms with Gasteiger partial charge in [0.15, 0.2) is 0 Å². The van der Waals surface area contributed by atoms with Crippen LogP contribution >= 0.6 is 0 Å². The number of nitrogens with one attached hydrogen (secondary N) is 1. The molecule has 0 unspecified atom stereocenters. The molecule has 0 amide bonds. The van der Waals surface area contributed by atoms with E-state index in [0.717, 1.165) is 6.07 Å². The SMILES string of the molecule is Cc1ccc(F)c2[nH]c(C(F)(F)F)nc12. The molecule has 1 aromatic heterocycles. The highest BCUT2D eigenvalue weighted by molar-refractivity contribution is 5.79. The van der Waals surface area contributed by atoms with Crippen molar-refractivity contribution in [2.45, 2.75) is 13.1 Å². The predicted molar refractivity (Wildman–Crippen MR) is 45.8 cm³/mol. The molecule has 15 heavy (non-hydrogen) atoms. The van der Waals surface area contributed by atoms with Gasteiger partial charge >= 0.3 is 6.18 Å². The first-order valence-corrected chi connectivity index (χ1v) is 4.11. The minimum absolute atomic E-state index is 0.0160. The Hall–Kier alpha value is -1.59. The van der Waals surface area contributed by atoms with E-state index in [1.807, 2.05) is 4.98 Å². The lowest BCUT2D eigenvalue weighted by atomic mass is 10.2. The number of rotatable bonds is 0. The van der Waals surface area contributed by atoms with Crippen molar-refractivity contribution in [1.82, 2.24) is 9.97 Å². The second-order valence-corrected chi connectivity index (χ2v) is 3.17. The van der Waals surface area contributed by atoms with Crippen LogP contribution < -0.4 is 0 Å². The van der Waals surface area contributed by atoms with Crippen molar-refractivity contribution in [2.24, 2.45) is 0 Å². The number of halogens is 4. The Kier molecular flexibility index (Phi) is 1.95. The Balaban J connectivity index is 2.76. The Labute approximate surface area is 81.9 Å². The number of nitrogens with zero attached hydrogens (tertiary/aromatic N) is 1. The van der Waals surface area contributed by atoms with Crippen molar-refractivity contribution in [3.63, 3.8) is 0 Å². The number of alkyl halides is 3. The molecule has 0 spiro atoms. The van der Waals surface area contributed by atoms with Crippen LogP contribution in [0.1, 0.15) is 11.4 Å². The van der Waals surface area contributed by atoms with Gasteiger partial charge in [0, 0.05) is 0 Å². The van der Waals surface area contributed by atoms with Crippen molar-refractivity contribution in [3.05, 3.63) is 29.3 Å². The van der Waals surface area contributed by atoms with E-state index in [1.54, 1.807) is 6.92 Å². The van der Waals surface area contributed by atoms with Gasteiger partial charge in [-0.25, -0.2) is 9.37 Å². The molecule has 0 bridgehead atoms. The van der Waals surface area contributed by atoms with E-state index in [4.69, 9.17) is 0 Å². The van der Waals surface area contributed by atoms with Crippen molar-refractivity contribution in [1.29, 1.82) is 0 Å². The highest BCUT2D eigenvalue weighted by Crippen LogP contribution is 2.30. The second kappa shape index (κ2) is 2.95. The van der Waals surface area contributed by atoms with E-state index in [9.17, 15) is 17.6 Å². The predicted octanol–water partition coefficient (Wildman–Crippen LogP) is 3.03. The Morgan fingerprint density at radius 3 is 2.47 bits per heavy atom. The van der Waals surface area contributed by atoms with Crippen LogP contribution in [-0.2, 0) is 6.18 Å². The van der Waals surface area contributed by atoms with Crippen LogP contribution in [0.5, 0.6) is 0 Å². The number of aromatic nitrogens is 2. The summed E-state index contributed by atoms with van der Waals surface area (Å²) < 4.78 is 49.9. The summed E-state index contributed by atoms with van der Waals surface area (Å²) in [7, 11) is 0. The summed E-state index contributed by atoms with van der Waals surface area (Å²) in [6, 6.07) is 2.49. The van der Waals surface area contributed by atoms with Crippen LogP contribution in [0.15, 0.2) is 12.1 Å². The quantitative estimate of drug-likeness (QED) is 0.676. The zero-order valence-corrected chi connectivity index (χ0v) is 7.61.